The number of anilines is 1. The smallest absolute Gasteiger partial charge is 0.243 e. The zero-order chi connectivity index (χ0) is 13.9. The van der Waals surface area contributed by atoms with E-state index in [4.69, 9.17) is 0 Å². The van der Waals surface area contributed by atoms with Crippen LogP contribution in [0.1, 0.15) is 24.1 Å². The fourth-order valence-electron chi connectivity index (χ4n) is 2.60. The summed E-state index contributed by atoms with van der Waals surface area (Å²) < 4.78 is 0. The van der Waals surface area contributed by atoms with E-state index in [-0.39, 0.29) is 18.0 Å². The maximum absolute atomic E-state index is 12.3. The van der Waals surface area contributed by atoms with Gasteiger partial charge in [-0.3, -0.25) is 4.79 Å². The Bertz CT molecular complexity index is 584. The molecule has 2 unspecified atom stereocenters. The van der Waals surface area contributed by atoms with Gasteiger partial charge < -0.3 is 10.6 Å². The van der Waals surface area contributed by atoms with E-state index in [9.17, 15) is 4.79 Å². The van der Waals surface area contributed by atoms with Crippen molar-refractivity contribution < 1.29 is 4.79 Å². The van der Waals surface area contributed by atoms with Gasteiger partial charge in [0.05, 0.1) is 6.04 Å². The first-order chi connectivity index (χ1) is 9.74. The first-order valence-electron chi connectivity index (χ1n) is 6.94. The fourth-order valence-corrected chi connectivity index (χ4v) is 2.60. The number of para-hydroxylation sites is 1. The van der Waals surface area contributed by atoms with E-state index in [1.165, 1.54) is 5.56 Å². The summed E-state index contributed by atoms with van der Waals surface area (Å²) in [4.78, 5) is 12.3. The van der Waals surface area contributed by atoms with Gasteiger partial charge in [-0.2, -0.15) is 0 Å². The maximum Gasteiger partial charge on any atom is 0.243 e. The van der Waals surface area contributed by atoms with Crippen molar-refractivity contribution in [1.82, 2.24) is 5.32 Å². The first kappa shape index (κ1) is 12.7. The Labute approximate surface area is 119 Å². The van der Waals surface area contributed by atoms with Crippen molar-refractivity contribution in [2.75, 3.05) is 5.32 Å². The third-order valence-electron chi connectivity index (χ3n) is 3.75. The predicted octanol–water partition coefficient (Wildman–Crippen LogP) is 2.90. The molecule has 3 heteroatoms. The molecule has 1 amide bonds. The van der Waals surface area contributed by atoms with E-state index >= 15 is 0 Å². The molecule has 20 heavy (non-hydrogen) atoms. The third-order valence-corrected chi connectivity index (χ3v) is 3.75. The molecule has 0 radical (unpaired) electrons. The van der Waals surface area contributed by atoms with Gasteiger partial charge in [0.25, 0.3) is 0 Å². The Morgan fingerprint density at radius 3 is 2.60 bits per heavy atom. The van der Waals surface area contributed by atoms with Gasteiger partial charge in [0.1, 0.15) is 6.04 Å². The minimum atomic E-state index is -0.168. The molecule has 1 aliphatic rings. The van der Waals surface area contributed by atoms with Crippen LogP contribution in [0.4, 0.5) is 5.69 Å². The molecule has 1 heterocycles. The lowest BCUT2D eigenvalue weighted by atomic mass is 10.1. The lowest BCUT2D eigenvalue weighted by Gasteiger charge is -2.18. The molecule has 0 bridgehead atoms. The average molecular weight is 266 g/mol. The number of nitrogens with one attached hydrogen (secondary N) is 2. The molecule has 0 aliphatic carbocycles. The van der Waals surface area contributed by atoms with Gasteiger partial charge >= 0.3 is 0 Å². The van der Waals surface area contributed by atoms with Gasteiger partial charge in [0.2, 0.25) is 5.91 Å². The van der Waals surface area contributed by atoms with Crippen LogP contribution in [-0.4, -0.2) is 11.9 Å². The Morgan fingerprint density at radius 2 is 1.85 bits per heavy atom. The van der Waals surface area contributed by atoms with Crippen LogP contribution in [0.25, 0.3) is 0 Å². The standard InChI is InChI=1S/C17H18N2O/c1-12(13-7-3-2-4-8-13)18-17(20)16-11-14-9-5-6-10-15(14)19-16/h2-10,12,16,19H,11H2,1H3,(H,18,20). The monoisotopic (exact) mass is 266 g/mol. The number of fused-ring (bicyclic) bond motifs is 1. The number of hydrogen-bond acceptors (Lipinski definition) is 2. The zero-order valence-electron chi connectivity index (χ0n) is 11.5. The van der Waals surface area contributed by atoms with Gasteiger partial charge in [0.15, 0.2) is 0 Å². The highest BCUT2D eigenvalue weighted by Gasteiger charge is 2.27. The molecule has 2 atom stereocenters. The average Bonchev–Trinajstić information content (AvgIpc) is 2.92. The normalized spacial score (nSPS) is 17.9. The van der Waals surface area contributed by atoms with Crippen molar-refractivity contribution in [3.05, 3.63) is 65.7 Å². The van der Waals surface area contributed by atoms with Crippen LogP contribution in [0.3, 0.4) is 0 Å². The maximum atomic E-state index is 12.3. The number of carbonyl (C=O) groups is 1. The fraction of sp³-hybridized carbons (Fsp3) is 0.235. The summed E-state index contributed by atoms with van der Waals surface area (Å²) in [6.07, 6.45) is 0.753. The quantitative estimate of drug-likeness (QED) is 0.897. The van der Waals surface area contributed by atoms with Gasteiger partial charge in [-0.1, -0.05) is 48.5 Å². The summed E-state index contributed by atoms with van der Waals surface area (Å²) in [6, 6.07) is 17.9. The van der Waals surface area contributed by atoms with Crippen molar-refractivity contribution in [3.8, 4) is 0 Å². The topological polar surface area (TPSA) is 41.1 Å². The molecule has 2 aromatic carbocycles. The number of hydrogen-bond donors (Lipinski definition) is 2. The molecular weight excluding hydrogens is 248 g/mol. The third kappa shape index (κ3) is 2.52. The van der Waals surface area contributed by atoms with Crippen LogP contribution in [-0.2, 0) is 11.2 Å². The highest BCUT2D eigenvalue weighted by Crippen LogP contribution is 2.25. The van der Waals surface area contributed by atoms with Crippen molar-refractivity contribution in [2.24, 2.45) is 0 Å². The van der Waals surface area contributed by atoms with Gasteiger partial charge in [-0.25, -0.2) is 0 Å². The van der Waals surface area contributed by atoms with Gasteiger partial charge in [-0.15, -0.1) is 0 Å². The number of carbonyl (C=O) groups excluding carboxylic acids is 1. The molecule has 0 saturated heterocycles. The van der Waals surface area contributed by atoms with Crippen LogP contribution in [0.15, 0.2) is 54.6 Å². The van der Waals surface area contributed by atoms with Crippen molar-refractivity contribution in [2.45, 2.75) is 25.4 Å². The minimum Gasteiger partial charge on any atom is -0.373 e. The van der Waals surface area contributed by atoms with Crippen molar-refractivity contribution in [1.29, 1.82) is 0 Å². The molecule has 3 nitrogen and oxygen atoms in total. The second kappa shape index (κ2) is 5.37. The molecule has 2 N–H and O–H groups in total. The molecule has 3 rings (SSSR count). The molecular formula is C17H18N2O. The Kier molecular flexibility index (Phi) is 3.42. The molecule has 0 aromatic heterocycles. The van der Waals surface area contributed by atoms with Gasteiger partial charge in [-0.05, 0) is 24.1 Å². The minimum absolute atomic E-state index is 0.0224. The lowest BCUT2D eigenvalue weighted by Crippen LogP contribution is -2.39. The molecule has 1 aliphatic heterocycles. The summed E-state index contributed by atoms with van der Waals surface area (Å²) in [7, 11) is 0. The lowest BCUT2D eigenvalue weighted by molar-refractivity contribution is -0.122. The van der Waals surface area contributed by atoms with Crippen molar-refractivity contribution in [3.63, 3.8) is 0 Å². The Balaban J connectivity index is 1.64. The van der Waals surface area contributed by atoms with E-state index in [0.717, 1.165) is 17.7 Å². The number of benzene rings is 2. The first-order valence-corrected chi connectivity index (χ1v) is 6.94. The van der Waals surface area contributed by atoms with Crippen LogP contribution in [0.2, 0.25) is 0 Å². The summed E-state index contributed by atoms with van der Waals surface area (Å²) in [5.41, 5.74) is 3.40. The van der Waals surface area contributed by atoms with E-state index in [1.807, 2.05) is 55.5 Å². The van der Waals surface area contributed by atoms with Crippen molar-refractivity contribution >= 4 is 11.6 Å². The predicted molar refractivity (Wildman–Crippen MR) is 80.6 cm³/mol. The molecule has 0 saturated carbocycles. The van der Waals surface area contributed by atoms with Gasteiger partial charge in [0, 0.05) is 12.1 Å². The largest absolute Gasteiger partial charge is 0.373 e. The highest BCUT2D eigenvalue weighted by atomic mass is 16.2. The molecule has 2 aromatic rings. The second-order valence-electron chi connectivity index (χ2n) is 5.20. The Morgan fingerprint density at radius 1 is 1.15 bits per heavy atom. The van der Waals surface area contributed by atoms with E-state index in [1.54, 1.807) is 0 Å². The molecule has 0 fully saturated rings. The number of amides is 1. The van der Waals surface area contributed by atoms with E-state index < -0.39 is 0 Å². The summed E-state index contributed by atoms with van der Waals surface area (Å²) in [5, 5.41) is 6.35. The number of rotatable bonds is 3. The molecule has 102 valence electrons. The Hall–Kier alpha value is -2.29. The van der Waals surface area contributed by atoms with Crippen LogP contribution < -0.4 is 10.6 Å². The second-order valence-corrected chi connectivity index (χ2v) is 5.20. The summed E-state index contributed by atoms with van der Waals surface area (Å²) in [5.74, 6) is 0.0533. The van der Waals surface area contributed by atoms with Crippen LogP contribution in [0.5, 0.6) is 0 Å². The highest BCUT2D eigenvalue weighted by molar-refractivity contribution is 5.87. The summed E-state index contributed by atoms with van der Waals surface area (Å²) in [6.45, 7) is 2.01. The zero-order valence-corrected chi connectivity index (χ0v) is 11.5. The SMILES string of the molecule is CC(NC(=O)C1Cc2ccccc2N1)c1ccccc1. The van der Waals surface area contributed by atoms with Crippen LogP contribution in [0, 0.1) is 0 Å². The van der Waals surface area contributed by atoms with E-state index in [2.05, 4.69) is 16.7 Å². The summed E-state index contributed by atoms with van der Waals surface area (Å²) >= 11 is 0. The van der Waals surface area contributed by atoms with E-state index in [0.29, 0.717) is 0 Å². The molecule has 0 spiro atoms. The van der Waals surface area contributed by atoms with Crippen LogP contribution >= 0.6 is 0 Å².